The molecule has 0 atom stereocenters. The van der Waals surface area contributed by atoms with Gasteiger partial charge in [-0.05, 0) is 43.3 Å². The molecule has 122 valence electrons. The molecule has 0 N–H and O–H groups in total. The Kier molecular flexibility index (Phi) is 4.87. The number of carboxylic acids is 1. The third kappa shape index (κ3) is 3.60. The largest absolute Gasteiger partial charge is 0.549 e. The maximum atomic E-state index is 10.8. The minimum absolute atomic E-state index is 0.190. The van der Waals surface area contributed by atoms with Crippen LogP contribution in [-0.4, -0.2) is 26.5 Å². The van der Waals surface area contributed by atoms with Crippen LogP contribution < -0.4 is 5.11 Å². The van der Waals surface area contributed by atoms with Crippen LogP contribution in [0, 0.1) is 6.92 Å². The van der Waals surface area contributed by atoms with Gasteiger partial charge in [-0.2, -0.15) is 0 Å². The van der Waals surface area contributed by atoms with Crippen LogP contribution >= 0.6 is 23.4 Å². The first-order chi connectivity index (χ1) is 11.5. The molecule has 3 rings (SSSR count). The summed E-state index contributed by atoms with van der Waals surface area (Å²) in [6.45, 7) is 2.00. The van der Waals surface area contributed by atoms with Crippen molar-refractivity contribution in [2.45, 2.75) is 12.1 Å². The molecular weight excluding hydrogens is 346 g/mol. The Bertz CT molecular complexity index is 861. The van der Waals surface area contributed by atoms with Gasteiger partial charge in [-0.15, -0.1) is 10.2 Å². The van der Waals surface area contributed by atoms with Crippen LogP contribution in [0.5, 0.6) is 0 Å². The molecule has 3 aromatic rings. The van der Waals surface area contributed by atoms with Crippen molar-refractivity contribution in [1.29, 1.82) is 0 Å². The quantitative estimate of drug-likeness (QED) is 0.656. The van der Waals surface area contributed by atoms with Crippen molar-refractivity contribution in [1.82, 2.24) is 14.8 Å². The monoisotopic (exact) mass is 358 g/mol. The third-order valence-electron chi connectivity index (χ3n) is 3.35. The lowest BCUT2D eigenvalue weighted by molar-refractivity contribution is -0.301. The predicted octanol–water partition coefficient (Wildman–Crippen LogP) is 2.74. The van der Waals surface area contributed by atoms with Gasteiger partial charge < -0.3 is 9.90 Å². The molecule has 7 heteroatoms. The van der Waals surface area contributed by atoms with E-state index >= 15 is 0 Å². The van der Waals surface area contributed by atoms with E-state index in [1.54, 1.807) is 12.1 Å². The van der Waals surface area contributed by atoms with Crippen molar-refractivity contribution >= 4 is 29.3 Å². The maximum Gasteiger partial charge on any atom is 0.196 e. The molecule has 0 saturated heterocycles. The molecule has 5 nitrogen and oxygen atoms in total. The van der Waals surface area contributed by atoms with E-state index < -0.39 is 5.97 Å². The highest BCUT2D eigenvalue weighted by Gasteiger charge is 2.16. The zero-order valence-electron chi connectivity index (χ0n) is 12.8. The van der Waals surface area contributed by atoms with Crippen molar-refractivity contribution in [2.24, 2.45) is 0 Å². The van der Waals surface area contributed by atoms with Gasteiger partial charge >= 0.3 is 0 Å². The SMILES string of the molecule is Cc1ccc(-n2c(SCC(=O)[O-])nnc2-c2ccc(Cl)cc2)cc1. The molecule has 0 bridgehead atoms. The topological polar surface area (TPSA) is 70.8 Å². The fourth-order valence-electron chi connectivity index (χ4n) is 2.20. The number of aromatic nitrogens is 3. The van der Waals surface area contributed by atoms with Crippen molar-refractivity contribution < 1.29 is 9.90 Å². The molecule has 24 heavy (non-hydrogen) atoms. The van der Waals surface area contributed by atoms with Crippen LogP contribution in [0.1, 0.15) is 5.56 Å². The summed E-state index contributed by atoms with van der Waals surface area (Å²) in [7, 11) is 0. The van der Waals surface area contributed by atoms with Crippen LogP contribution in [-0.2, 0) is 4.79 Å². The first-order valence-corrected chi connectivity index (χ1v) is 8.52. The number of aryl methyl sites for hydroxylation is 1. The fraction of sp³-hybridized carbons (Fsp3) is 0.118. The lowest BCUT2D eigenvalue weighted by atomic mass is 10.2. The molecule has 0 spiro atoms. The van der Waals surface area contributed by atoms with Gasteiger partial charge in [-0.25, -0.2) is 0 Å². The first kappa shape index (κ1) is 16.5. The lowest BCUT2D eigenvalue weighted by Gasteiger charge is -2.11. The van der Waals surface area contributed by atoms with Crippen LogP contribution in [0.3, 0.4) is 0 Å². The van der Waals surface area contributed by atoms with Gasteiger partial charge in [0, 0.05) is 22.0 Å². The van der Waals surface area contributed by atoms with Gasteiger partial charge in [0.05, 0.1) is 5.97 Å². The van der Waals surface area contributed by atoms with Gasteiger partial charge in [-0.1, -0.05) is 41.1 Å². The van der Waals surface area contributed by atoms with Crippen molar-refractivity contribution in [3.8, 4) is 17.1 Å². The first-order valence-electron chi connectivity index (χ1n) is 7.15. The van der Waals surface area contributed by atoms with E-state index in [1.807, 2.05) is 47.9 Å². The smallest absolute Gasteiger partial charge is 0.196 e. The number of carbonyl (C=O) groups excluding carboxylic acids is 1. The Balaban J connectivity index is 2.09. The number of hydrogen-bond acceptors (Lipinski definition) is 5. The molecule has 0 radical (unpaired) electrons. The number of rotatable bonds is 5. The standard InChI is InChI=1S/C17H14ClN3O2S/c1-11-2-8-14(9-3-11)21-16(12-4-6-13(18)7-5-12)19-20-17(21)24-10-15(22)23/h2-9H,10H2,1H3,(H,22,23)/p-1. The van der Waals surface area contributed by atoms with Gasteiger partial charge in [0.25, 0.3) is 0 Å². The average molecular weight is 359 g/mol. The number of thioether (sulfide) groups is 1. The van der Waals surface area contributed by atoms with Gasteiger partial charge in [0.1, 0.15) is 0 Å². The lowest BCUT2D eigenvalue weighted by Crippen LogP contribution is -2.24. The fourth-order valence-corrected chi connectivity index (χ4v) is 2.99. The minimum atomic E-state index is -1.15. The van der Waals surface area contributed by atoms with Crippen LogP contribution in [0.2, 0.25) is 5.02 Å². The Hall–Kier alpha value is -2.31. The number of halogens is 1. The second-order valence-electron chi connectivity index (χ2n) is 5.14. The highest BCUT2D eigenvalue weighted by Crippen LogP contribution is 2.28. The molecule has 0 unspecified atom stereocenters. The third-order valence-corrected chi connectivity index (χ3v) is 4.50. The Morgan fingerprint density at radius 2 is 1.79 bits per heavy atom. The molecule has 0 aliphatic carbocycles. The molecule has 1 heterocycles. The van der Waals surface area contributed by atoms with Crippen LogP contribution in [0.15, 0.2) is 53.7 Å². The highest BCUT2D eigenvalue weighted by atomic mass is 35.5. The molecular formula is C17H13ClN3O2S-. The van der Waals surface area contributed by atoms with E-state index in [0.717, 1.165) is 28.6 Å². The number of carboxylic acid groups (broad SMARTS) is 1. The van der Waals surface area contributed by atoms with Crippen molar-refractivity contribution in [3.63, 3.8) is 0 Å². The second kappa shape index (κ2) is 7.07. The molecule has 2 aromatic carbocycles. The normalized spacial score (nSPS) is 10.8. The summed E-state index contributed by atoms with van der Waals surface area (Å²) in [5.41, 5.74) is 2.83. The minimum Gasteiger partial charge on any atom is -0.549 e. The number of nitrogens with zero attached hydrogens (tertiary/aromatic N) is 3. The summed E-state index contributed by atoms with van der Waals surface area (Å²) in [5.74, 6) is -0.715. The maximum absolute atomic E-state index is 10.8. The molecule has 1 aromatic heterocycles. The van der Waals surface area contributed by atoms with Gasteiger partial charge in [0.2, 0.25) is 0 Å². The van der Waals surface area contributed by atoms with E-state index in [2.05, 4.69) is 10.2 Å². The van der Waals surface area contributed by atoms with E-state index in [-0.39, 0.29) is 5.75 Å². The average Bonchev–Trinajstić information content (AvgIpc) is 2.98. The summed E-state index contributed by atoms with van der Waals surface area (Å²) in [6, 6.07) is 15.1. The molecule has 0 amide bonds. The second-order valence-corrected chi connectivity index (χ2v) is 6.52. The Morgan fingerprint density at radius 1 is 1.12 bits per heavy atom. The van der Waals surface area contributed by atoms with Gasteiger partial charge in [0.15, 0.2) is 11.0 Å². The molecule has 0 fully saturated rings. The van der Waals surface area contributed by atoms with E-state index in [1.165, 1.54) is 0 Å². The van der Waals surface area contributed by atoms with E-state index in [9.17, 15) is 9.90 Å². The van der Waals surface area contributed by atoms with Crippen LogP contribution in [0.25, 0.3) is 17.1 Å². The van der Waals surface area contributed by atoms with Gasteiger partial charge in [-0.3, -0.25) is 4.57 Å². The zero-order valence-corrected chi connectivity index (χ0v) is 14.3. The van der Waals surface area contributed by atoms with Crippen molar-refractivity contribution in [2.75, 3.05) is 5.75 Å². The summed E-state index contributed by atoms with van der Waals surface area (Å²) >= 11 is 7.02. The number of benzene rings is 2. The summed E-state index contributed by atoms with van der Waals surface area (Å²) < 4.78 is 1.83. The Morgan fingerprint density at radius 3 is 2.42 bits per heavy atom. The highest BCUT2D eigenvalue weighted by molar-refractivity contribution is 7.99. The molecule has 0 aliphatic rings. The zero-order chi connectivity index (χ0) is 17.1. The summed E-state index contributed by atoms with van der Waals surface area (Å²) in [6.07, 6.45) is 0. The van der Waals surface area contributed by atoms with Crippen LogP contribution in [0.4, 0.5) is 0 Å². The molecule has 0 aliphatic heterocycles. The summed E-state index contributed by atoms with van der Waals surface area (Å²) in [4.78, 5) is 10.8. The Labute approximate surface area is 148 Å². The van der Waals surface area contributed by atoms with E-state index in [4.69, 9.17) is 11.6 Å². The number of aliphatic carboxylic acids is 1. The molecule has 0 saturated carbocycles. The number of carbonyl (C=O) groups is 1. The summed E-state index contributed by atoms with van der Waals surface area (Å²) in [5, 5.41) is 20.3. The van der Waals surface area contributed by atoms with E-state index in [0.29, 0.717) is 16.0 Å². The predicted molar refractivity (Wildman–Crippen MR) is 92.3 cm³/mol. The van der Waals surface area contributed by atoms with Crippen molar-refractivity contribution in [3.05, 3.63) is 59.1 Å². The number of hydrogen-bond donors (Lipinski definition) is 0.